The van der Waals surface area contributed by atoms with Gasteiger partial charge in [-0.05, 0) is 31.3 Å². The van der Waals surface area contributed by atoms with Crippen LogP contribution in [0.25, 0.3) is 10.3 Å². The first-order valence-electron chi connectivity index (χ1n) is 13.2. The normalized spacial score (nSPS) is 14.6. The van der Waals surface area contributed by atoms with Gasteiger partial charge in [-0.15, -0.1) is 0 Å². The van der Waals surface area contributed by atoms with Crippen molar-refractivity contribution in [3.05, 3.63) is 66.2 Å². The van der Waals surface area contributed by atoms with Crippen molar-refractivity contribution >= 4 is 48.5 Å². The number of nitrogens with zero attached hydrogens (tertiary/aromatic N) is 7. The van der Waals surface area contributed by atoms with Crippen molar-refractivity contribution in [1.82, 2.24) is 29.1 Å². The van der Waals surface area contributed by atoms with E-state index in [0.717, 1.165) is 13.1 Å². The number of amides is 1. The molecule has 0 bridgehead atoms. The monoisotopic (exact) mass is 626 g/mol. The highest BCUT2D eigenvalue weighted by atomic mass is 32.2. The molecule has 226 valence electrons. The maximum atomic E-state index is 13.5. The van der Waals surface area contributed by atoms with Crippen molar-refractivity contribution in [1.29, 1.82) is 0 Å². The molecule has 1 saturated heterocycles. The van der Waals surface area contributed by atoms with Gasteiger partial charge in [-0.2, -0.15) is 4.31 Å². The Kier molecular flexibility index (Phi) is 9.52. The molecule has 1 aliphatic rings. The number of thiazole rings is 1. The van der Waals surface area contributed by atoms with Crippen LogP contribution in [0.2, 0.25) is 0 Å². The Morgan fingerprint density at radius 1 is 1.14 bits per heavy atom. The standard InChI is InChI=1S/C27H30N8O6S2/c1-34-15-19(16-34)41-23-10-9-21-26(31-23)42-27(30-21)32-25(36)24(33-40-17-22-28-11-4-12-29-22)18-5-7-20(8-6-18)43(37,38)35(2)13-14-39-3/h4-12,19H,13-17H2,1-3H3,(H,30,32,36)/b33-24+. The number of oxime groups is 1. The van der Waals surface area contributed by atoms with Gasteiger partial charge in [-0.25, -0.2) is 28.4 Å². The molecule has 1 fully saturated rings. The van der Waals surface area contributed by atoms with Crippen molar-refractivity contribution in [2.45, 2.75) is 17.6 Å². The highest BCUT2D eigenvalue weighted by Crippen LogP contribution is 2.27. The SMILES string of the molecule is COCCN(C)S(=O)(=O)c1ccc(/C(=N\OCc2ncccn2)C(=O)Nc2nc3ccc(OC4CN(C)C4)nc3s2)cc1. The minimum absolute atomic E-state index is 0.0528. The van der Waals surface area contributed by atoms with Crippen LogP contribution in [0.15, 0.2) is 64.9 Å². The lowest BCUT2D eigenvalue weighted by Gasteiger charge is -2.35. The highest BCUT2D eigenvalue weighted by Gasteiger charge is 2.26. The summed E-state index contributed by atoms with van der Waals surface area (Å²) in [5, 5.41) is 7.11. The van der Waals surface area contributed by atoms with Gasteiger partial charge < -0.3 is 14.3 Å². The van der Waals surface area contributed by atoms with E-state index in [4.69, 9.17) is 14.3 Å². The molecule has 4 aromatic rings. The molecule has 1 aliphatic heterocycles. The number of hydrogen-bond donors (Lipinski definition) is 1. The number of carbonyl (C=O) groups is 1. The highest BCUT2D eigenvalue weighted by molar-refractivity contribution is 7.89. The number of sulfonamides is 1. The zero-order valence-electron chi connectivity index (χ0n) is 23.7. The van der Waals surface area contributed by atoms with Crippen LogP contribution >= 0.6 is 11.3 Å². The summed E-state index contributed by atoms with van der Waals surface area (Å²) < 4.78 is 37.9. The Hall–Kier alpha value is -4.09. The van der Waals surface area contributed by atoms with Crippen LogP contribution < -0.4 is 10.1 Å². The van der Waals surface area contributed by atoms with Crippen LogP contribution in [0.4, 0.5) is 5.13 Å². The van der Waals surface area contributed by atoms with E-state index in [9.17, 15) is 13.2 Å². The van der Waals surface area contributed by atoms with Crippen LogP contribution in [0.3, 0.4) is 0 Å². The molecule has 1 N–H and O–H groups in total. The van der Waals surface area contributed by atoms with E-state index in [1.165, 1.54) is 54.1 Å². The molecule has 1 aromatic carbocycles. The van der Waals surface area contributed by atoms with Gasteiger partial charge in [0, 0.05) is 57.8 Å². The second-order valence-electron chi connectivity index (χ2n) is 9.63. The van der Waals surface area contributed by atoms with Gasteiger partial charge in [-0.3, -0.25) is 15.0 Å². The largest absolute Gasteiger partial charge is 0.472 e. The fraction of sp³-hybridized carbons (Fsp3) is 0.333. The number of ether oxygens (including phenoxy) is 2. The molecule has 5 rings (SSSR count). The maximum absolute atomic E-state index is 13.5. The van der Waals surface area contributed by atoms with E-state index in [1.807, 2.05) is 7.05 Å². The molecule has 0 atom stereocenters. The molecule has 43 heavy (non-hydrogen) atoms. The van der Waals surface area contributed by atoms with Crippen LogP contribution in [-0.4, -0.2) is 103 Å². The van der Waals surface area contributed by atoms with Crippen molar-refractivity contribution in [2.24, 2.45) is 5.16 Å². The number of likely N-dealkylation sites (tertiary alicyclic amines) is 1. The number of methoxy groups -OCH3 is 1. The lowest BCUT2D eigenvalue weighted by atomic mass is 10.1. The lowest BCUT2D eigenvalue weighted by molar-refractivity contribution is -0.110. The lowest BCUT2D eigenvalue weighted by Crippen LogP contribution is -2.51. The van der Waals surface area contributed by atoms with Gasteiger partial charge in [0.25, 0.3) is 5.91 Å². The molecule has 0 saturated carbocycles. The first kappa shape index (κ1) is 30.4. The third-order valence-electron chi connectivity index (χ3n) is 6.40. The molecule has 1 amide bonds. The van der Waals surface area contributed by atoms with Gasteiger partial charge >= 0.3 is 0 Å². The molecular weight excluding hydrogens is 596 g/mol. The van der Waals surface area contributed by atoms with E-state index in [-0.39, 0.29) is 36.5 Å². The number of pyridine rings is 1. The Labute approximate surface area is 252 Å². The van der Waals surface area contributed by atoms with Gasteiger partial charge in [-0.1, -0.05) is 28.6 Å². The number of carbonyl (C=O) groups excluding carboxylic acids is 1. The Bertz CT molecular complexity index is 1690. The molecule has 14 nitrogen and oxygen atoms in total. The number of benzene rings is 1. The van der Waals surface area contributed by atoms with Crippen LogP contribution in [0, 0.1) is 0 Å². The van der Waals surface area contributed by atoms with Crippen molar-refractivity contribution in [2.75, 3.05) is 52.8 Å². The summed E-state index contributed by atoms with van der Waals surface area (Å²) in [7, 11) is 1.22. The van der Waals surface area contributed by atoms with Gasteiger partial charge in [0.05, 0.1) is 11.5 Å². The summed E-state index contributed by atoms with van der Waals surface area (Å²) in [4.78, 5) is 38.8. The predicted octanol–water partition coefficient (Wildman–Crippen LogP) is 2.00. The zero-order chi connectivity index (χ0) is 30.4. The molecule has 0 unspecified atom stereocenters. The number of likely N-dealkylation sites (N-methyl/N-ethyl adjacent to an activating group) is 2. The summed E-state index contributed by atoms with van der Waals surface area (Å²) in [5.41, 5.74) is 0.824. The van der Waals surface area contributed by atoms with Crippen LogP contribution in [0.1, 0.15) is 11.4 Å². The second-order valence-corrected chi connectivity index (χ2v) is 12.7. The average molecular weight is 627 g/mol. The van der Waals surface area contributed by atoms with Crippen molar-refractivity contribution in [3.8, 4) is 5.88 Å². The van der Waals surface area contributed by atoms with E-state index in [0.29, 0.717) is 32.7 Å². The van der Waals surface area contributed by atoms with E-state index in [1.54, 1.807) is 30.6 Å². The zero-order valence-corrected chi connectivity index (χ0v) is 25.3. The average Bonchev–Trinajstić information content (AvgIpc) is 3.39. The molecule has 4 heterocycles. The topological polar surface area (TPSA) is 161 Å². The van der Waals surface area contributed by atoms with Gasteiger partial charge in [0.2, 0.25) is 15.9 Å². The van der Waals surface area contributed by atoms with E-state index >= 15 is 0 Å². The van der Waals surface area contributed by atoms with Gasteiger partial charge in [0.1, 0.15) is 16.5 Å². The molecule has 0 spiro atoms. The minimum Gasteiger partial charge on any atom is -0.472 e. The Balaban J connectivity index is 1.35. The first-order chi connectivity index (χ1) is 20.7. The fourth-order valence-corrected chi connectivity index (χ4v) is 6.03. The molecule has 16 heteroatoms. The summed E-state index contributed by atoms with van der Waals surface area (Å²) in [6.45, 7) is 2.02. The third kappa shape index (κ3) is 7.47. The quantitative estimate of drug-likeness (QED) is 0.171. The maximum Gasteiger partial charge on any atom is 0.280 e. The number of hydrogen-bond acceptors (Lipinski definition) is 13. The fourth-order valence-electron chi connectivity index (χ4n) is 4.05. The predicted molar refractivity (Wildman–Crippen MR) is 159 cm³/mol. The third-order valence-corrected chi connectivity index (χ3v) is 9.15. The number of rotatable bonds is 13. The summed E-state index contributed by atoms with van der Waals surface area (Å²) in [6, 6.07) is 11.0. The van der Waals surface area contributed by atoms with Gasteiger partial charge in [0.15, 0.2) is 23.3 Å². The van der Waals surface area contributed by atoms with Crippen LogP contribution in [0.5, 0.6) is 5.88 Å². The van der Waals surface area contributed by atoms with E-state index in [2.05, 4.69) is 35.3 Å². The molecule has 0 radical (unpaired) electrons. The number of anilines is 1. The molecular formula is C27H30N8O6S2. The Morgan fingerprint density at radius 3 is 2.58 bits per heavy atom. The van der Waals surface area contributed by atoms with Crippen molar-refractivity contribution < 1.29 is 27.5 Å². The summed E-state index contributed by atoms with van der Waals surface area (Å²) >= 11 is 1.19. The summed E-state index contributed by atoms with van der Waals surface area (Å²) in [6.07, 6.45) is 3.22. The van der Waals surface area contributed by atoms with E-state index < -0.39 is 15.9 Å². The Morgan fingerprint density at radius 2 is 1.88 bits per heavy atom. The summed E-state index contributed by atoms with van der Waals surface area (Å²) in [5.74, 6) is 0.249. The number of nitrogens with one attached hydrogen (secondary N) is 1. The molecule has 3 aromatic heterocycles. The number of aromatic nitrogens is 4. The second kappa shape index (κ2) is 13.5. The van der Waals surface area contributed by atoms with Crippen LogP contribution in [-0.2, 0) is 31.0 Å². The van der Waals surface area contributed by atoms with Crippen molar-refractivity contribution in [3.63, 3.8) is 0 Å². The first-order valence-corrected chi connectivity index (χ1v) is 15.4. The minimum atomic E-state index is -3.77. The molecule has 0 aliphatic carbocycles. The smallest absolute Gasteiger partial charge is 0.280 e. The number of fused-ring (bicyclic) bond motifs is 1.